The Morgan fingerprint density at radius 3 is 0.950 bits per heavy atom. The van der Waals surface area contributed by atoms with Gasteiger partial charge < -0.3 is 9.80 Å². The smallest absolute Gasteiger partial charge is 0.0517 e. The monoisotopic (exact) mass is 1030 g/mol. The third-order valence-corrected chi connectivity index (χ3v) is 20.6. The second kappa shape index (κ2) is 18.6. The van der Waals surface area contributed by atoms with Gasteiger partial charge in [0, 0.05) is 33.6 Å². The molecule has 0 N–H and O–H groups in total. The van der Waals surface area contributed by atoms with E-state index in [4.69, 9.17) is 0 Å². The van der Waals surface area contributed by atoms with Gasteiger partial charge in [-0.2, -0.15) is 0 Å². The molecule has 0 spiro atoms. The maximum Gasteiger partial charge on any atom is 0.0517 e. The number of nitrogens with zero attached hydrogens (tertiary/aromatic N) is 2. The van der Waals surface area contributed by atoms with Gasteiger partial charge in [-0.1, -0.05) is 222 Å². The molecule has 2 aliphatic carbocycles. The molecular weight excluding hydrogens is 965 g/mol. The summed E-state index contributed by atoms with van der Waals surface area (Å²) in [6.07, 6.45) is 9.72. The molecule has 4 atom stereocenters. The third-order valence-electron chi connectivity index (χ3n) is 20.6. The van der Waals surface area contributed by atoms with E-state index in [1.165, 1.54) is 174 Å². The second-order valence-corrected chi connectivity index (χ2v) is 24.6. The Hall–Kier alpha value is -8.46. The number of benzene rings is 11. The van der Waals surface area contributed by atoms with E-state index in [0.29, 0.717) is 0 Å². The van der Waals surface area contributed by atoms with Gasteiger partial charge in [-0.3, -0.25) is 0 Å². The van der Waals surface area contributed by atoms with Crippen LogP contribution < -0.4 is 9.80 Å². The first-order chi connectivity index (χ1) is 39.1. The number of anilines is 4. The average Bonchev–Trinajstić information content (AvgIpc) is 3.61. The van der Waals surface area contributed by atoms with Crippen LogP contribution in [-0.2, 0) is 10.8 Å². The van der Waals surface area contributed by atoms with Crippen LogP contribution in [-0.4, -0.2) is 11.1 Å². The molecule has 0 aromatic heterocycles. The molecule has 2 aliphatic heterocycles. The molecule has 80 heavy (non-hydrogen) atoms. The van der Waals surface area contributed by atoms with Crippen molar-refractivity contribution in [2.45, 2.75) is 101 Å². The first kappa shape index (κ1) is 48.6. The Labute approximate surface area is 473 Å². The number of rotatable bonds is 8. The van der Waals surface area contributed by atoms with E-state index in [2.05, 4.69) is 280 Å². The van der Waals surface area contributed by atoms with Crippen LogP contribution in [0, 0.1) is 0 Å². The van der Waals surface area contributed by atoms with Crippen LogP contribution in [0.2, 0.25) is 0 Å². The zero-order valence-electron chi connectivity index (χ0n) is 46.6. The van der Waals surface area contributed by atoms with Crippen molar-refractivity contribution in [1.82, 2.24) is 0 Å². The first-order valence-electron chi connectivity index (χ1n) is 29.5. The molecule has 11 aromatic rings. The highest BCUT2D eigenvalue weighted by molar-refractivity contribution is 6.22. The predicted molar refractivity (Wildman–Crippen MR) is 340 cm³/mol. The molecule has 0 bridgehead atoms. The largest absolute Gasteiger partial charge is 0.334 e. The summed E-state index contributed by atoms with van der Waals surface area (Å²) in [4.78, 5) is 5.38. The van der Waals surface area contributed by atoms with Crippen LogP contribution in [0.25, 0.3) is 88.3 Å². The molecule has 0 radical (unpaired) electrons. The molecular formula is C78H68N2. The van der Waals surface area contributed by atoms with E-state index in [1.54, 1.807) is 0 Å². The van der Waals surface area contributed by atoms with E-state index in [0.717, 1.165) is 0 Å². The van der Waals surface area contributed by atoms with Crippen molar-refractivity contribution >= 4 is 44.3 Å². The van der Waals surface area contributed by atoms with E-state index >= 15 is 0 Å². The molecule has 2 heterocycles. The van der Waals surface area contributed by atoms with Crippen molar-refractivity contribution in [3.8, 4) is 66.8 Å². The highest BCUT2D eigenvalue weighted by Crippen LogP contribution is 2.63. The molecule has 11 aromatic carbocycles. The summed E-state index contributed by atoms with van der Waals surface area (Å²) in [7, 11) is 0. The lowest BCUT2D eigenvalue weighted by atomic mass is 9.61. The molecule has 2 fully saturated rings. The van der Waals surface area contributed by atoms with Crippen LogP contribution in [0.4, 0.5) is 22.7 Å². The van der Waals surface area contributed by atoms with Gasteiger partial charge in [0.15, 0.2) is 0 Å². The zero-order chi connectivity index (χ0) is 53.8. The van der Waals surface area contributed by atoms with Gasteiger partial charge in [-0.15, -0.1) is 0 Å². The lowest BCUT2D eigenvalue weighted by Gasteiger charge is -2.50. The molecule has 0 saturated heterocycles. The minimum atomic E-state index is -0.0184. The Morgan fingerprint density at radius 1 is 0.263 bits per heavy atom. The summed E-state index contributed by atoms with van der Waals surface area (Å²) < 4.78 is 0. The van der Waals surface area contributed by atoms with Gasteiger partial charge in [0.2, 0.25) is 0 Å². The fraction of sp³-hybridized carbons (Fsp3) is 0.205. The Bertz CT molecular complexity index is 3890. The van der Waals surface area contributed by atoms with Crippen LogP contribution in [0.3, 0.4) is 0 Å². The molecule has 15 rings (SSSR count). The van der Waals surface area contributed by atoms with Crippen LogP contribution in [0.15, 0.2) is 243 Å². The van der Waals surface area contributed by atoms with Gasteiger partial charge in [0.05, 0.1) is 11.1 Å². The van der Waals surface area contributed by atoms with Crippen molar-refractivity contribution in [3.05, 3.63) is 254 Å². The predicted octanol–water partition coefficient (Wildman–Crippen LogP) is 21.5. The van der Waals surface area contributed by atoms with Crippen LogP contribution in [0.1, 0.15) is 90.2 Å². The molecule has 390 valence electrons. The average molecular weight is 1030 g/mol. The van der Waals surface area contributed by atoms with Crippen molar-refractivity contribution in [2.24, 2.45) is 0 Å². The highest BCUT2D eigenvalue weighted by Gasteiger charge is 2.59. The maximum absolute atomic E-state index is 2.69. The summed E-state index contributed by atoms with van der Waals surface area (Å²) in [6, 6.07) is 92.2. The molecule has 4 aliphatic rings. The van der Waals surface area contributed by atoms with Crippen molar-refractivity contribution < 1.29 is 0 Å². The SMILES string of the molecule is CC12CCCCC1(C)N(c1ccccc1)c1ccc(-c3ccc4c(-c5ccc(-c6ccccc6)cc5)c5cc(-c6ccc7c(c6)C6(C)CCCCC6(C)N7c6ccccc6)ccc5c(-c5ccc(-c6ccccc6)cc5)c4c3)cc12. The Kier molecular flexibility index (Phi) is 11.3. The number of para-hydroxylation sites is 2. The fourth-order valence-electron chi connectivity index (χ4n) is 15.9. The van der Waals surface area contributed by atoms with Crippen LogP contribution in [0.5, 0.6) is 0 Å². The van der Waals surface area contributed by atoms with Crippen molar-refractivity contribution in [2.75, 3.05) is 9.80 Å². The highest BCUT2D eigenvalue weighted by atomic mass is 15.3. The Balaban J connectivity index is 0.955. The molecule has 2 nitrogen and oxygen atoms in total. The summed E-state index contributed by atoms with van der Waals surface area (Å²) in [6.45, 7) is 10.2. The van der Waals surface area contributed by atoms with Gasteiger partial charge in [0.1, 0.15) is 0 Å². The second-order valence-electron chi connectivity index (χ2n) is 24.6. The van der Waals surface area contributed by atoms with Gasteiger partial charge >= 0.3 is 0 Å². The lowest BCUT2D eigenvalue weighted by molar-refractivity contribution is 0.195. The third kappa shape index (κ3) is 7.30. The minimum Gasteiger partial charge on any atom is -0.334 e. The molecule has 2 heteroatoms. The zero-order valence-corrected chi connectivity index (χ0v) is 46.6. The van der Waals surface area contributed by atoms with Gasteiger partial charge in [-0.05, 0) is 200 Å². The van der Waals surface area contributed by atoms with E-state index < -0.39 is 0 Å². The number of fused-ring (bicyclic) bond motifs is 8. The summed E-state index contributed by atoms with van der Waals surface area (Å²) >= 11 is 0. The number of hydrogen-bond acceptors (Lipinski definition) is 2. The van der Waals surface area contributed by atoms with Crippen LogP contribution >= 0.6 is 0 Å². The molecule has 2 saturated carbocycles. The van der Waals surface area contributed by atoms with Crippen molar-refractivity contribution in [3.63, 3.8) is 0 Å². The van der Waals surface area contributed by atoms with Crippen molar-refractivity contribution in [1.29, 1.82) is 0 Å². The quantitative estimate of drug-likeness (QED) is 0.140. The van der Waals surface area contributed by atoms with E-state index in [9.17, 15) is 0 Å². The summed E-state index contributed by atoms with van der Waals surface area (Å²) in [5.74, 6) is 0. The van der Waals surface area contributed by atoms with E-state index in [1.807, 2.05) is 0 Å². The standard InChI is InChI=1S/C78H68N2/c1-75-45-17-19-47-77(75,3)79(63-25-13-7-14-26-63)71-43-39-61(51-69(71)75)59-37-41-65-67(49-59)73(57-33-29-55(30-34-57)53-21-9-5-10-22-53)66-42-38-60(50-68(66)74(65)58-35-31-56(32-36-58)54-23-11-6-12-24-54)62-40-44-72-70(52-62)76(2)46-18-20-48-78(76,4)80(72)64-27-15-8-16-28-64/h5-16,21-44,49-52H,17-20,45-48H2,1-4H3. The molecule has 0 amide bonds. The fourth-order valence-corrected chi connectivity index (χ4v) is 15.9. The summed E-state index contributed by atoms with van der Waals surface area (Å²) in [5, 5.41) is 5.05. The normalized spacial score (nSPS) is 22.0. The van der Waals surface area contributed by atoms with Gasteiger partial charge in [0.25, 0.3) is 0 Å². The van der Waals surface area contributed by atoms with Gasteiger partial charge in [-0.25, -0.2) is 0 Å². The first-order valence-corrected chi connectivity index (χ1v) is 29.5. The Morgan fingerprint density at radius 2 is 0.562 bits per heavy atom. The number of hydrogen-bond donors (Lipinski definition) is 0. The topological polar surface area (TPSA) is 6.48 Å². The maximum atomic E-state index is 2.69. The molecule has 4 unspecified atom stereocenters. The lowest BCUT2D eigenvalue weighted by Crippen LogP contribution is -2.54. The van der Waals surface area contributed by atoms with E-state index in [-0.39, 0.29) is 21.9 Å². The minimum absolute atomic E-state index is 0.00975. The summed E-state index contributed by atoms with van der Waals surface area (Å²) in [5.41, 5.74) is 23.1.